The molecule has 0 spiro atoms. The standard InChI is InChI=1S/C12H20N4O7.Na.H/c1-4(18)15-8-5(16-12(13)14)2-7(11(21)22)23-10(8)9(20)6(19)3-17;;/h2,5-6,8-10,17,19-20H,3H2,1H3,(H,15,18)(H,21,22)(H4,13,14,16);;/t5-,6?,8+,9?,10+;;/m0../s1. The average Bonchev–Trinajstić information content (AvgIpc) is 2.45. The van der Waals surface area contributed by atoms with Gasteiger partial charge >= 0.3 is 35.5 Å². The number of carbonyl (C=O) groups is 2. The van der Waals surface area contributed by atoms with Crippen molar-refractivity contribution in [2.45, 2.75) is 37.3 Å². The summed E-state index contributed by atoms with van der Waals surface area (Å²) in [5.74, 6) is -3.02. The minimum absolute atomic E-state index is 0. The van der Waals surface area contributed by atoms with Gasteiger partial charge in [-0.15, -0.1) is 0 Å². The van der Waals surface area contributed by atoms with E-state index >= 15 is 0 Å². The first-order valence-corrected chi connectivity index (χ1v) is 6.63. The molecule has 1 aliphatic heterocycles. The molecule has 12 heteroatoms. The average molecular weight is 356 g/mol. The molecule has 24 heavy (non-hydrogen) atoms. The first-order valence-electron chi connectivity index (χ1n) is 6.63. The molecule has 0 aromatic rings. The number of hydrogen-bond acceptors (Lipinski definition) is 7. The van der Waals surface area contributed by atoms with Crippen LogP contribution >= 0.6 is 0 Å². The van der Waals surface area contributed by atoms with Gasteiger partial charge in [-0.1, -0.05) is 0 Å². The van der Waals surface area contributed by atoms with Crippen molar-refractivity contribution in [1.29, 1.82) is 5.41 Å². The number of hydrogen-bond donors (Lipinski definition) is 8. The van der Waals surface area contributed by atoms with Crippen LogP contribution in [0.15, 0.2) is 11.8 Å². The third kappa shape index (κ3) is 5.92. The zero-order valence-corrected chi connectivity index (χ0v) is 12.3. The second-order valence-electron chi connectivity index (χ2n) is 4.97. The minimum atomic E-state index is -1.70. The SMILES string of the molecule is CC(=O)N[C@@H]1[C@@H](NC(=N)N)C=C(C(=O)O)O[C@H]1C(O)C(O)CO.[NaH]. The molecule has 9 N–H and O–H groups in total. The van der Waals surface area contributed by atoms with E-state index in [4.69, 9.17) is 26.1 Å². The number of nitrogens with two attached hydrogens (primary N) is 1. The topological polar surface area (TPSA) is 198 Å². The van der Waals surface area contributed by atoms with Gasteiger partial charge in [0, 0.05) is 6.92 Å². The van der Waals surface area contributed by atoms with Crippen LogP contribution in [0.5, 0.6) is 0 Å². The molecule has 0 aliphatic carbocycles. The van der Waals surface area contributed by atoms with Crippen LogP contribution in [-0.2, 0) is 14.3 Å². The normalized spacial score (nSPS) is 25.2. The van der Waals surface area contributed by atoms with Gasteiger partial charge in [0.05, 0.1) is 18.7 Å². The van der Waals surface area contributed by atoms with E-state index in [1.165, 1.54) is 6.92 Å². The Balaban J connectivity index is 0.00000529. The number of carboxylic acid groups (broad SMARTS) is 1. The fourth-order valence-electron chi connectivity index (χ4n) is 2.18. The Labute approximate surface area is 159 Å². The molecule has 5 atom stereocenters. The molecule has 0 fully saturated rings. The van der Waals surface area contributed by atoms with Gasteiger partial charge < -0.3 is 41.5 Å². The van der Waals surface area contributed by atoms with Crippen molar-refractivity contribution in [2.75, 3.05) is 6.61 Å². The third-order valence-corrected chi connectivity index (χ3v) is 3.16. The summed E-state index contributed by atoms with van der Waals surface area (Å²) in [6.45, 7) is 0.387. The van der Waals surface area contributed by atoms with Crippen LogP contribution in [0.25, 0.3) is 0 Å². The van der Waals surface area contributed by atoms with Gasteiger partial charge in [-0.3, -0.25) is 10.2 Å². The summed E-state index contributed by atoms with van der Waals surface area (Å²) < 4.78 is 5.13. The molecule has 1 amide bonds. The van der Waals surface area contributed by atoms with Crippen LogP contribution in [0.2, 0.25) is 0 Å². The van der Waals surface area contributed by atoms with E-state index in [1.807, 2.05) is 0 Å². The molecular formula is C12H21N4NaO7. The summed E-state index contributed by atoms with van der Waals surface area (Å²) >= 11 is 0. The van der Waals surface area contributed by atoms with Crippen LogP contribution in [0.3, 0.4) is 0 Å². The molecule has 0 bridgehead atoms. The van der Waals surface area contributed by atoms with Crippen LogP contribution in [0.1, 0.15) is 6.92 Å². The van der Waals surface area contributed by atoms with E-state index in [0.717, 1.165) is 6.08 Å². The maximum absolute atomic E-state index is 11.4. The van der Waals surface area contributed by atoms with Crippen molar-refractivity contribution in [3.8, 4) is 0 Å². The third-order valence-electron chi connectivity index (χ3n) is 3.16. The van der Waals surface area contributed by atoms with Crippen LogP contribution in [0, 0.1) is 5.41 Å². The van der Waals surface area contributed by atoms with Crippen molar-refractivity contribution in [3.05, 3.63) is 11.8 Å². The number of nitrogens with one attached hydrogen (secondary N) is 3. The molecule has 0 aromatic heterocycles. The fraction of sp³-hybridized carbons (Fsp3) is 0.583. The van der Waals surface area contributed by atoms with E-state index < -0.39 is 60.6 Å². The number of amides is 1. The molecule has 2 unspecified atom stereocenters. The van der Waals surface area contributed by atoms with Crippen molar-refractivity contribution < 1.29 is 34.8 Å². The summed E-state index contributed by atoms with van der Waals surface area (Å²) in [6, 6.07) is -2.03. The summed E-state index contributed by atoms with van der Waals surface area (Å²) in [5, 5.41) is 49.8. The van der Waals surface area contributed by atoms with Gasteiger partial charge in [0.15, 0.2) is 5.96 Å². The molecule has 1 heterocycles. The maximum atomic E-state index is 11.4. The van der Waals surface area contributed by atoms with Gasteiger partial charge in [0.25, 0.3) is 0 Å². The van der Waals surface area contributed by atoms with Crippen molar-refractivity contribution >= 4 is 47.4 Å². The molecule has 0 radical (unpaired) electrons. The predicted molar refractivity (Wildman–Crippen MR) is 83.3 cm³/mol. The fourth-order valence-corrected chi connectivity index (χ4v) is 2.18. The van der Waals surface area contributed by atoms with Crippen LogP contribution < -0.4 is 16.4 Å². The summed E-state index contributed by atoms with van der Waals surface area (Å²) in [6.07, 6.45) is -3.63. The first kappa shape index (κ1) is 22.6. The first-order chi connectivity index (χ1) is 10.7. The molecule has 132 valence electrons. The zero-order valence-electron chi connectivity index (χ0n) is 12.3. The van der Waals surface area contributed by atoms with E-state index in [2.05, 4.69) is 10.6 Å². The Morgan fingerprint density at radius 2 is 2.00 bits per heavy atom. The monoisotopic (exact) mass is 356 g/mol. The Kier molecular flexibility index (Phi) is 9.25. The molecule has 1 rings (SSSR count). The second-order valence-corrected chi connectivity index (χ2v) is 4.97. The molecular weight excluding hydrogens is 335 g/mol. The van der Waals surface area contributed by atoms with Gasteiger partial charge in [-0.05, 0) is 6.08 Å². The van der Waals surface area contributed by atoms with Gasteiger partial charge in [0.1, 0.15) is 18.3 Å². The number of aliphatic hydroxyl groups excluding tert-OH is 3. The van der Waals surface area contributed by atoms with E-state index in [9.17, 15) is 19.8 Å². The van der Waals surface area contributed by atoms with Gasteiger partial charge in [-0.25, -0.2) is 4.79 Å². The Bertz CT molecular complexity index is 516. The number of rotatable bonds is 6. The number of carbonyl (C=O) groups excluding carboxylic acids is 1. The Morgan fingerprint density at radius 1 is 1.42 bits per heavy atom. The summed E-state index contributed by atoms with van der Waals surface area (Å²) in [5.41, 5.74) is 5.24. The number of guanidine groups is 1. The van der Waals surface area contributed by atoms with Crippen molar-refractivity contribution in [3.63, 3.8) is 0 Å². The van der Waals surface area contributed by atoms with E-state index in [1.54, 1.807) is 0 Å². The van der Waals surface area contributed by atoms with Crippen LogP contribution in [0.4, 0.5) is 0 Å². The zero-order chi connectivity index (χ0) is 17.7. The summed E-state index contributed by atoms with van der Waals surface area (Å²) in [7, 11) is 0. The molecule has 0 aromatic carbocycles. The second kappa shape index (κ2) is 9.81. The number of ether oxygens (including phenoxy) is 1. The molecule has 0 saturated heterocycles. The molecule has 1 aliphatic rings. The van der Waals surface area contributed by atoms with E-state index in [0.29, 0.717) is 0 Å². The van der Waals surface area contributed by atoms with Crippen molar-refractivity contribution in [2.24, 2.45) is 5.73 Å². The van der Waals surface area contributed by atoms with Crippen molar-refractivity contribution in [1.82, 2.24) is 10.6 Å². The van der Waals surface area contributed by atoms with Gasteiger partial charge in [-0.2, -0.15) is 0 Å². The van der Waals surface area contributed by atoms with Gasteiger partial charge in [0.2, 0.25) is 11.7 Å². The Morgan fingerprint density at radius 3 is 2.42 bits per heavy atom. The number of aliphatic hydroxyl groups is 3. The number of aliphatic carboxylic acids is 1. The van der Waals surface area contributed by atoms with E-state index in [-0.39, 0.29) is 29.6 Å². The Hall–Kier alpha value is -1.37. The number of carboxylic acids is 1. The predicted octanol–water partition coefficient (Wildman–Crippen LogP) is -4.22. The molecule has 0 saturated carbocycles. The van der Waals surface area contributed by atoms with Crippen LogP contribution in [-0.4, -0.2) is 105 Å². The quantitative estimate of drug-likeness (QED) is 0.132. The molecule has 11 nitrogen and oxygen atoms in total. The summed E-state index contributed by atoms with van der Waals surface area (Å²) in [4.78, 5) is 22.5.